The Labute approximate surface area is 189 Å². The lowest BCUT2D eigenvalue weighted by atomic mass is 10.1. The number of aryl methyl sites for hydroxylation is 3. The van der Waals surface area contributed by atoms with E-state index in [1.165, 1.54) is 23.1 Å². The van der Waals surface area contributed by atoms with E-state index >= 15 is 0 Å². The van der Waals surface area contributed by atoms with Crippen molar-refractivity contribution in [1.82, 2.24) is 20.0 Å². The van der Waals surface area contributed by atoms with Crippen LogP contribution in [0.25, 0.3) is 5.69 Å². The lowest BCUT2D eigenvalue weighted by Gasteiger charge is -2.12. The lowest BCUT2D eigenvalue weighted by molar-refractivity contribution is 0.101. The van der Waals surface area contributed by atoms with Gasteiger partial charge in [0, 0.05) is 6.20 Å². The van der Waals surface area contributed by atoms with Gasteiger partial charge >= 0.3 is 0 Å². The molecular weight excluding hydrogens is 423 g/mol. The fraction of sp³-hybridized carbons (Fsp3) is 0.125. The van der Waals surface area contributed by atoms with Crippen LogP contribution in [0.4, 0.5) is 15.8 Å². The van der Waals surface area contributed by atoms with E-state index < -0.39 is 17.6 Å². The summed E-state index contributed by atoms with van der Waals surface area (Å²) in [6.07, 6.45) is 1.49. The largest absolute Gasteiger partial charge is 0.319 e. The van der Waals surface area contributed by atoms with Gasteiger partial charge in [0.25, 0.3) is 11.8 Å². The summed E-state index contributed by atoms with van der Waals surface area (Å²) in [5.74, 6) is -1.64. The second kappa shape index (κ2) is 8.99. The predicted molar refractivity (Wildman–Crippen MR) is 122 cm³/mol. The molecule has 2 heterocycles. The Bertz CT molecular complexity index is 1350. The Balaban J connectivity index is 1.59. The Morgan fingerprint density at radius 2 is 1.67 bits per heavy atom. The van der Waals surface area contributed by atoms with E-state index in [-0.39, 0.29) is 22.8 Å². The fourth-order valence-electron chi connectivity index (χ4n) is 3.32. The van der Waals surface area contributed by atoms with Crippen LogP contribution in [-0.4, -0.2) is 31.8 Å². The number of hydrogen-bond acceptors (Lipinski definition) is 5. The maximum Gasteiger partial charge on any atom is 0.278 e. The highest BCUT2D eigenvalue weighted by Crippen LogP contribution is 2.24. The number of benzene rings is 2. The molecule has 9 heteroatoms. The summed E-state index contributed by atoms with van der Waals surface area (Å²) in [6, 6.07) is 14.4. The molecule has 0 aliphatic carbocycles. The van der Waals surface area contributed by atoms with Crippen LogP contribution in [0.15, 0.2) is 60.8 Å². The average Bonchev–Trinajstić information content (AvgIpc) is 3.17. The van der Waals surface area contributed by atoms with Crippen molar-refractivity contribution >= 4 is 23.2 Å². The summed E-state index contributed by atoms with van der Waals surface area (Å²) < 4.78 is 13.9. The minimum atomic E-state index is -0.581. The first kappa shape index (κ1) is 21.8. The zero-order valence-electron chi connectivity index (χ0n) is 18.3. The Kier molecular flexibility index (Phi) is 5.95. The molecule has 4 aromatic rings. The number of aromatic nitrogens is 4. The third-order valence-electron chi connectivity index (χ3n) is 4.94. The summed E-state index contributed by atoms with van der Waals surface area (Å²) in [6.45, 7) is 5.59. The van der Waals surface area contributed by atoms with Gasteiger partial charge in [0.1, 0.15) is 11.5 Å². The van der Waals surface area contributed by atoms with Crippen LogP contribution in [0.3, 0.4) is 0 Å². The van der Waals surface area contributed by atoms with E-state index in [4.69, 9.17) is 0 Å². The number of nitrogens with zero attached hydrogens (tertiary/aromatic N) is 4. The van der Waals surface area contributed by atoms with Crippen LogP contribution >= 0.6 is 0 Å². The molecule has 0 saturated heterocycles. The second-order valence-electron chi connectivity index (χ2n) is 7.53. The van der Waals surface area contributed by atoms with Gasteiger partial charge in [0.2, 0.25) is 0 Å². The normalized spacial score (nSPS) is 10.7. The van der Waals surface area contributed by atoms with Crippen molar-refractivity contribution in [2.24, 2.45) is 0 Å². The minimum Gasteiger partial charge on any atom is -0.319 e. The number of carbonyl (C=O) groups is 2. The third-order valence-corrected chi connectivity index (χ3v) is 4.94. The Morgan fingerprint density at radius 1 is 0.879 bits per heavy atom. The fourth-order valence-corrected chi connectivity index (χ4v) is 3.32. The van der Waals surface area contributed by atoms with Gasteiger partial charge in [-0.3, -0.25) is 14.6 Å². The first-order valence-corrected chi connectivity index (χ1v) is 10.2. The molecule has 8 nitrogen and oxygen atoms in total. The second-order valence-corrected chi connectivity index (χ2v) is 7.53. The molecule has 0 spiro atoms. The molecule has 0 fully saturated rings. The highest BCUT2D eigenvalue weighted by molar-refractivity contribution is 6.09. The number of carbonyl (C=O) groups excluding carboxylic acids is 2. The first-order valence-electron chi connectivity index (χ1n) is 10.2. The number of amides is 2. The van der Waals surface area contributed by atoms with Crippen LogP contribution < -0.4 is 10.6 Å². The van der Waals surface area contributed by atoms with Gasteiger partial charge in [-0.1, -0.05) is 23.8 Å². The molecule has 0 aliphatic rings. The van der Waals surface area contributed by atoms with Crippen molar-refractivity contribution in [2.45, 2.75) is 20.8 Å². The number of pyridine rings is 1. The van der Waals surface area contributed by atoms with Crippen LogP contribution in [0.1, 0.15) is 37.8 Å². The van der Waals surface area contributed by atoms with Crippen molar-refractivity contribution in [3.63, 3.8) is 0 Å². The molecule has 0 aliphatic heterocycles. The molecule has 2 amide bonds. The molecule has 0 atom stereocenters. The summed E-state index contributed by atoms with van der Waals surface area (Å²) >= 11 is 0. The highest BCUT2D eigenvalue weighted by atomic mass is 19.1. The quantitative estimate of drug-likeness (QED) is 0.480. The van der Waals surface area contributed by atoms with E-state index in [0.717, 1.165) is 22.9 Å². The van der Waals surface area contributed by atoms with Gasteiger partial charge in [-0.15, -0.1) is 5.10 Å². The SMILES string of the molecule is Cc1ccc(-n2nc(C)c(C(=O)Nc3cc(F)ccc3NC(=O)c3ccccn3)n2)c(C)c1. The molecule has 166 valence electrons. The Hall–Kier alpha value is -4.40. The van der Waals surface area contributed by atoms with Gasteiger partial charge in [-0.25, -0.2) is 4.39 Å². The van der Waals surface area contributed by atoms with E-state index in [1.807, 2.05) is 32.0 Å². The smallest absolute Gasteiger partial charge is 0.278 e. The van der Waals surface area contributed by atoms with Crippen LogP contribution in [0.5, 0.6) is 0 Å². The van der Waals surface area contributed by atoms with Gasteiger partial charge in [-0.2, -0.15) is 9.90 Å². The summed E-state index contributed by atoms with van der Waals surface area (Å²) in [5, 5.41) is 14.0. The summed E-state index contributed by atoms with van der Waals surface area (Å²) in [7, 11) is 0. The van der Waals surface area contributed by atoms with Crippen molar-refractivity contribution < 1.29 is 14.0 Å². The van der Waals surface area contributed by atoms with Crippen LogP contribution in [0, 0.1) is 26.6 Å². The maximum atomic E-state index is 13.9. The monoisotopic (exact) mass is 444 g/mol. The molecule has 0 bridgehead atoms. The number of anilines is 2. The van der Waals surface area contributed by atoms with Crippen LogP contribution in [-0.2, 0) is 0 Å². The average molecular weight is 444 g/mol. The molecule has 33 heavy (non-hydrogen) atoms. The number of hydrogen-bond donors (Lipinski definition) is 2. The van der Waals surface area contributed by atoms with Gasteiger partial charge < -0.3 is 10.6 Å². The molecule has 0 saturated carbocycles. The van der Waals surface area contributed by atoms with Gasteiger partial charge in [-0.05, 0) is 62.7 Å². The zero-order chi connectivity index (χ0) is 23.5. The summed E-state index contributed by atoms with van der Waals surface area (Å²) in [5.41, 5.74) is 3.79. The molecule has 2 aromatic carbocycles. The highest BCUT2D eigenvalue weighted by Gasteiger charge is 2.20. The molecule has 0 unspecified atom stereocenters. The molecular formula is C24H21FN6O2. The predicted octanol–water partition coefficient (Wildman–Crippen LogP) is 4.23. The van der Waals surface area contributed by atoms with Gasteiger partial charge in [0.15, 0.2) is 5.69 Å². The topological polar surface area (TPSA) is 102 Å². The maximum absolute atomic E-state index is 13.9. The number of nitrogens with one attached hydrogen (secondary N) is 2. The standard InChI is InChI=1S/C24H21FN6O2/c1-14-7-10-21(15(2)12-14)31-29-16(3)22(30-31)24(33)28-20-13-17(25)8-9-18(20)27-23(32)19-6-4-5-11-26-19/h4-13H,1-3H3,(H,27,32)(H,28,33). The Morgan fingerprint density at radius 3 is 2.39 bits per heavy atom. The van der Waals surface area contributed by atoms with E-state index in [0.29, 0.717) is 5.69 Å². The van der Waals surface area contributed by atoms with E-state index in [2.05, 4.69) is 25.8 Å². The summed E-state index contributed by atoms with van der Waals surface area (Å²) in [4.78, 5) is 30.8. The number of rotatable bonds is 5. The van der Waals surface area contributed by atoms with E-state index in [9.17, 15) is 14.0 Å². The lowest BCUT2D eigenvalue weighted by Crippen LogP contribution is -2.18. The first-order chi connectivity index (χ1) is 15.8. The van der Waals surface area contributed by atoms with Crippen molar-refractivity contribution in [2.75, 3.05) is 10.6 Å². The number of halogens is 1. The van der Waals surface area contributed by atoms with Crippen molar-refractivity contribution in [3.05, 3.63) is 94.8 Å². The van der Waals surface area contributed by atoms with Crippen molar-refractivity contribution in [1.29, 1.82) is 0 Å². The molecule has 4 rings (SSSR count). The molecule has 2 aromatic heterocycles. The minimum absolute atomic E-state index is 0.0845. The molecule has 0 radical (unpaired) electrons. The van der Waals surface area contributed by atoms with Crippen molar-refractivity contribution in [3.8, 4) is 5.69 Å². The van der Waals surface area contributed by atoms with Gasteiger partial charge in [0.05, 0.1) is 22.8 Å². The zero-order valence-corrected chi connectivity index (χ0v) is 18.3. The molecule has 2 N–H and O–H groups in total. The van der Waals surface area contributed by atoms with E-state index in [1.54, 1.807) is 25.1 Å². The third kappa shape index (κ3) is 4.77. The van der Waals surface area contributed by atoms with Crippen LogP contribution in [0.2, 0.25) is 0 Å².